The molecule has 96 valence electrons. The van der Waals surface area contributed by atoms with Gasteiger partial charge in [0.15, 0.2) is 5.82 Å². The van der Waals surface area contributed by atoms with E-state index in [4.69, 9.17) is 10.3 Å². The largest absolute Gasteiger partial charge is 0.338 e. The zero-order chi connectivity index (χ0) is 12.3. The first kappa shape index (κ1) is 12.5. The van der Waals surface area contributed by atoms with E-state index >= 15 is 0 Å². The van der Waals surface area contributed by atoms with Gasteiger partial charge in [0.2, 0.25) is 5.89 Å². The third kappa shape index (κ3) is 3.04. The zero-order valence-electron chi connectivity index (χ0n) is 10.7. The fourth-order valence-electron chi connectivity index (χ4n) is 2.73. The number of hydrogen-bond acceptors (Lipinski definition) is 5. The van der Waals surface area contributed by atoms with Crippen molar-refractivity contribution in [3.63, 3.8) is 0 Å². The average molecular weight is 238 g/mol. The van der Waals surface area contributed by atoms with E-state index in [1.165, 1.54) is 25.7 Å². The first-order valence-electron chi connectivity index (χ1n) is 6.42. The molecule has 0 aromatic carbocycles. The summed E-state index contributed by atoms with van der Waals surface area (Å²) in [6, 6.07) is 0.642. The standard InChI is InChI=1S/C12H22N4O/c1-9-5-3-4-6-10(9)16(2)8-11-14-12(7-13)17-15-11/h9-10H,3-8,13H2,1-2H3. The molecule has 2 N–H and O–H groups in total. The van der Waals surface area contributed by atoms with Crippen molar-refractivity contribution in [1.29, 1.82) is 0 Å². The molecule has 1 aromatic rings. The van der Waals surface area contributed by atoms with E-state index in [1.807, 2.05) is 0 Å². The predicted molar refractivity (Wildman–Crippen MR) is 65.1 cm³/mol. The molecular formula is C12H22N4O. The van der Waals surface area contributed by atoms with Gasteiger partial charge in [-0.15, -0.1) is 0 Å². The van der Waals surface area contributed by atoms with Crippen LogP contribution in [0.5, 0.6) is 0 Å². The SMILES string of the molecule is CC1CCCCC1N(C)Cc1noc(CN)n1. The summed E-state index contributed by atoms with van der Waals surface area (Å²) in [7, 11) is 2.14. The lowest BCUT2D eigenvalue weighted by atomic mass is 9.85. The van der Waals surface area contributed by atoms with Crippen LogP contribution in [0.25, 0.3) is 0 Å². The van der Waals surface area contributed by atoms with Crippen LogP contribution in [-0.2, 0) is 13.1 Å². The first-order chi connectivity index (χ1) is 8.20. The van der Waals surface area contributed by atoms with Crippen LogP contribution < -0.4 is 5.73 Å². The molecule has 5 nitrogen and oxygen atoms in total. The van der Waals surface area contributed by atoms with E-state index in [1.54, 1.807) is 0 Å². The molecule has 17 heavy (non-hydrogen) atoms. The smallest absolute Gasteiger partial charge is 0.240 e. The van der Waals surface area contributed by atoms with Crippen LogP contribution in [0.15, 0.2) is 4.52 Å². The van der Waals surface area contributed by atoms with Crippen LogP contribution in [0.3, 0.4) is 0 Å². The summed E-state index contributed by atoms with van der Waals surface area (Å²) >= 11 is 0. The van der Waals surface area contributed by atoms with Crippen LogP contribution in [0.4, 0.5) is 0 Å². The third-order valence-electron chi connectivity index (χ3n) is 3.71. The summed E-state index contributed by atoms with van der Waals surface area (Å²) in [6.45, 7) is 3.40. The molecule has 1 fully saturated rings. The lowest BCUT2D eigenvalue weighted by molar-refractivity contribution is 0.129. The summed E-state index contributed by atoms with van der Waals surface area (Å²) in [5.41, 5.74) is 5.45. The highest BCUT2D eigenvalue weighted by atomic mass is 16.5. The van der Waals surface area contributed by atoms with Gasteiger partial charge in [-0.2, -0.15) is 4.98 Å². The molecule has 1 aromatic heterocycles. The van der Waals surface area contributed by atoms with Crippen LogP contribution >= 0.6 is 0 Å². The highest BCUT2D eigenvalue weighted by Crippen LogP contribution is 2.27. The Hall–Kier alpha value is -0.940. The lowest BCUT2D eigenvalue weighted by Crippen LogP contribution is -2.38. The monoisotopic (exact) mass is 238 g/mol. The van der Waals surface area contributed by atoms with Crippen LogP contribution in [0.1, 0.15) is 44.3 Å². The second-order valence-electron chi connectivity index (χ2n) is 5.05. The molecule has 2 rings (SSSR count). The highest BCUT2D eigenvalue weighted by molar-refractivity contribution is 4.88. The molecule has 0 spiro atoms. The van der Waals surface area contributed by atoms with Gasteiger partial charge in [0.25, 0.3) is 0 Å². The zero-order valence-corrected chi connectivity index (χ0v) is 10.7. The summed E-state index contributed by atoms with van der Waals surface area (Å²) in [6.07, 6.45) is 5.30. The molecule has 0 aliphatic heterocycles. The van der Waals surface area contributed by atoms with Crippen molar-refractivity contribution in [2.24, 2.45) is 11.7 Å². The Morgan fingerprint density at radius 3 is 2.82 bits per heavy atom. The molecule has 1 aliphatic rings. The Kier molecular flexibility index (Phi) is 4.12. The van der Waals surface area contributed by atoms with Gasteiger partial charge in [-0.1, -0.05) is 24.9 Å². The van der Waals surface area contributed by atoms with Gasteiger partial charge in [-0.05, 0) is 25.8 Å². The maximum absolute atomic E-state index is 5.45. The van der Waals surface area contributed by atoms with Crippen LogP contribution in [-0.4, -0.2) is 28.1 Å². The van der Waals surface area contributed by atoms with Crippen molar-refractivity contribution in [3.8, 4) is 0 Å². The van der Waals surface area contributed by atoms with E-state index in [0.717, 1.165) is 18.3 Å². The summed E-state index contributed by atoms with van der Waals surface area (Å²) in [5, 5.41) is 3.94. The van der Waals surface area contributed by atoms with E-state index in [-0.39, 0.29) is 0 Å². The first-order valence-corrected chi connectivity index (χ1v) is 6.42. The lowest BCUT2D eigenvalue weighted by Gasteiger charge is -2.35. The highest BCUT2D eigenvalue weighted by Gasteiger charge is 2.25. The summed E-state index contributed by atoms with van der Waals surface area (Å²) in [4.78, 5) is 6.59. The molecule has 0 bridgehead atoms. The van der Waals surface area contributed by atoms with Gasteiger partial charge in [-0.3, -0.25) is 4.90 Å². The van der Waals surface area contributed by atoms with Crippen molar-refractivity contribution in [2.45, 2.75) is 51.7 Å². The van der Waals surface area contributed by atoms with Gasteiger partial charge in [0.05, 0.1) is 13.1 Å². The molecule has 0 amide bonds. The van der Waals surface area contributed by atoms with Crippen molar-refractivity contribution >= 4 is 0 Å². The number of nitrogens with zero attached hydrogens (tertiary/aromatic N) is 3. The minimum atomic E-state index is 0.316. The van der Waals surface area contributed by atoms with Crippen LogP contribution in [0.2, 0.25) is 0 Å². The Balaban J connectivity index is 1.93. The minimum Gasteiger partial charge on any atom is -0.338 e. The van der Waals surface area contributed by atoms with E-state index in [9.17, 15) is 0 Å². The minimum absolute atomic E-state index is 0.316. The molecule has 1 heterocycles. The molecule has 0 radical (unpaired) electrons. The molecule has 1 saturated carbocycles. The van der Waals surface area contributed by atoms with Crippen molar-refractivity contribution < 1.29 is 4.52 Å². The topological polar surface area (TPSA) is 68.2 Å². The maximum Gasteiger partial charge on any atom is 0.240 e. The van der Waals surface area contributed by atoms with Gasteiger partial charge >= 0.3 is 0 Å². The van der Waals surface area contributed by atoms with Crippen molar-refractivity contribution in [2.75, 3.05) is 7.05 Å². The summed E-state index contributed by atoms with van der Waals surface area (Å²) < 4.78 is 5.02. The molecule has 5 heteroatoms. The number of hydrogen-bond donors (Lipinski definition) is 1. The Bertz CT molecular complexity index is 352. The normalized spacial score (nSPS) is 25.4. The predicted octanol–water partition coefficient (Wildman–Crippen LogP) is 1.54. The molecular weight excluding hydrogens is 216 g/mol. The van der Waals surface area contributed by atoms with E-state index < -0.39 is 0 Å². The Morgan fingerprint density at radius 2 is 2.18 bits per heavy atom. The number of aromatic nitrogens is 2. The number of rotatable bonds is 4. The second-order valence-corrected chi connectivity index (χ2v) is 5.05. The molecule has 0 saturated heterocycles. The fraction of sp³-hybridized carbons (Fsp3) is 0.833. The van der Waals surface area contributed by atoms with Gasteiger partial charge in [0.1, 0.15) is 0 Å². The van der Waals surface area contributed by atoms with Crippen molar-refractivity contribution in [1.82, 2.24) is 15.0 Å². The van der Waals surface area contributed by atoms with E-state index in [2.05, 4.69) is 29.0 Å². The maximum atomic E-state index is 5.45. The Labute approximate surface area is 102 Å². The van der Waals surface area contributed by atoms with Gasteiger partial charge in [0, 0.05) is 6.04 Å². The Morgan fingerprint density at radius 1 is 1.41 bits per heavy atom. The fourth-order valence-corrected chi connectivity index (χ4v) is 2.73. The van der Waals surface area contributed by atoms with E-state index in [0.29, 0.717) is 18.5 Å². The second kappa shape index (κ2) is 5.60. The number of nitrogens with two attached hydrogens (primary N) is 1. The van der Waals surface area contributed by atoms with Crippen molar-refractivity contribution in [3.05, 3.63) is 11.7 Å². The molecule has 2 unspecified atom stereocenters. The quantitative estimate of drug-likeness (QED) is 0.861. The summed E-state index contributed by atoms with van der Waals surface area (Å²) in [5.74, 6) is 2.02. The van der Waals surface area contributed by atoms with Crippen LogP contribution in [0, 0.1) is 5.92 Å². The van der Waals surface area contributed by atoms with Gasteiger partial charge < -0.3 is 10.3 Å². The molecule has 2 atom stereocenters. The third-order valence-corrected chi connectivity index (χ3v) is 3.71. The van der Waals surface area contributed by atoms with Gasteiger partial charge in [-0.25, -0.2) is 0 Å². The average Bonchev–Trinajstić information content (AvgIpc) is 2.77. The molecule has 1 aliphatic carbocycles.